The van der Waals surface area contributed by atoms with Crippen LogP contribution in [0.1, 0.15) is 40.0 Å². The molecule has 0 saturated carbocycles. The number of rotatable bonds is 4. The van der Waals surface area contributed by atoms with E-state index in [1.807, 2.05) is 0 Å². The molecule has 0 spiro atoms. The fourth-order valence-electron chi connectivity index (χ4n) is 0.850. The van der Waals surface area contributed by atoms with Crippen molar-refractivity contribution in [2.45, 2.75) is 40.0 Å². The average Bonchev–Trinajstić information content (AvgIpc) is 1.89. The largest absolute Gasteiger partial charge is 0.0941 e. The van der Waals surface area contributed by atoms with E-state index in [0.29, 0.717) is 5.41 Å². The molecule has 1 radical (unpaired) electrons. The summed E-state index contributed by atoms with van der Waals surface area (Å²) < 4.78 is 0. The lowest BCUT2D eigenvalue weighted by Crippen LogP contribution is -2.13. The van der Waals surface area contributed by atoms with Gasteiger partial charge in [0.15, 0.2) is 0 Å². The monoisotopic (exact) mass is 145 g/mol. The van der Waals surface area contributed by atoms with Crippen LogP contribution in [0, 0.1) is 5.41 Å². The van der Waals surface area contributed by atoms with E-state index in [4.69, 9.17) is 12.6 Å². The van der Waals surface area contributed by atoms with E-state index < -0.39 is 0 Å². The summed E-state index contributed by atoms with van der Waals surface area (Å²) >= 11 is 4.93. The number of hydrogen-bond donors (Lipinski definition) is 0. The molecule has 0 N–H and O–H groups in total. The molecule has 0 aliphatic rings. The summed E-state index contributed by atoms with van der Waals surface area (Å²) in [6, 6.07) is 0. The van der Waals surface area contributed by atoms with Gasteiger partial charge in [-0.2, -0.15) is 0 Å². The van der Waals surface area contributed by atoms with Crippen LogP contribution in [-0.2, 0) is 0 Å². The van der Waals surface area contributed by atoms with Gasteiger partial charge in [-0.05, 0) is 11.8 Å². The maximum atomic E-state index is 4.93. The first-order valence-electron chi connectivity index (χ1n) is 3.76. The van der Waals surface area contributed by atoms with Gasteiger partial charge in [0.25, 0.3) is 0 Å². The van der Waals surface area contributed by atoms with Gasteiger partial charge in [0.1, 0.15) is 0 Å². The van der Waals surface area contributed by atoms with Gasteiger partial charge in [-0.25, -0.2) is 0 Å². The Morgan fingerprint density at radius 3 is 1.78 bits per heavy atom. The molecule has 0 rings (SSSR count). The second-order valence-corrected chi connectivity index (χ2v) is 3.38. The second kappa shape index (κ2) is 4.21. The maximum Gasteiger partial charge on any atom is 0.00421 e. The molecule has 0 heterocycles. The summed E-state index contributed by atoms with van der Waals surface area (Å²) in [6.45, 7) is 6.81. The third-order valence-corrected chi connectivity index (χ3v) is 2.62. The van der Waals surface area contributed by atoms with Crippen molar-refractivity contribution in [2.24, 2.45) is 5.41 Å². The molecule has 0 aliphatic carbocycles. The molecule has 0 atom stereocenters. The zero-order valence-corrected chi connectivity index (χ0v) is 7.55. The molecule has 0 fully saturated rings. The molecule has 0 aromatic carbocycles. The van der Waals surface area contributed by atoms with E-state index in [1.54, 1.807) is 0 Å². The topological polar surface area (TPSA) is 0 Å². The first-order valence-corrected chi connectivity index (χ1v) is 4.34. The van der Waals surface area contributed by atoms with Gasteiger partial charge in [-0.15, -0.1) is 0 Å². The smallest absolute Gasteiger partial charge is 0.00421 e. The SMILES string of the molecule is CCC(C)(CC)CC[S]. The summed E-state index contributed by atoms with van der Waals surface area (Å²) in [6.07, 6.45) is 3.73. The molecule has 0 nitrogen and oxygen atoms in total. The third-order valence-electron chi connectivity index (χ3n) is 2.41. The van der Waals surface area contributed by atoms with Crippen LogP contribution in [0.5, 0.6) is 0 Å². The molecule has 0 amide bonds. The van der Waals surface area contributed by atoms with Crippen LogP contribution < -0.4 is 0 Å². The summed E-state index contributed by atoms with van der Waals surface area (Å²) in [4.78, 5) is 0. The Bertz CT molecular complexity index is 65.0. The van der Waals surface area contributed by atoms with E-state index in [2.05, 4.69) is 20.8 Å². The molecule has 0 aromatic heterocycles. The fraction of sp³-hybridized carbons (Fsp3) is 1.00. The van der Waals surface area contributed by atoms with Crippen LogP contribution in [0.4, 0.5) is 0 Å². The van der Waals surface area contributed by atoms with Crippen molar-refractivity contribution in [1.82, 2.24) is 0 Å². The Hall–Kier alpha value is 0.350. The fourth-order valence-corrected chi connectivity index (χ4v) is 1.34. The van der Waals surface area contributed by atoms with Crippen LogP contribution in [0.15, 0.2) is 0 Å². The van der Waals surface area contributed by atoms with E-state index in [9.17, 15) is 0 Å². The Labute approximate surface area is 64.4 Å². The average molecular weight is 145 g/mol. The van der Waals surface area contributed by atoms with Crippen molar-refractivity contribution in [2.75, 3.05) is 5.75 Å². The van der Waals surface area contributed by atoms with Crippen LogP contribution >= 0.6 is 12.6 Å². The molecule has 0 saturated heterocycles. The van der Waals surface area contributed by atoms with Gasteiger partial charge in [-0.1, -0.05) is 46.2 Å². The minimum atomic E-state index is 0.530. The van der Waals surface area contributed by atoms with E-state index in [0.717, 1.165) is 5.75 Å². The lowest BCUT2D eigenvalue weighted by Gasteiger charge is -2.25. The molecule has 0 bridgehead atoms. The van der Waals surface area contributed by atoms with Gasteiger partial charge in [0.05, 0.1) is 0 Å². The lowest BCUT2D eigenvalue weighted by molar-refractivity contribution is 0.289. The summed E-state index contributed by atoms with van der Waals surface area (Å²) in [5, 5.41) is 0. The predicted octanol–water partition coefficient (Wildman–Crippen LogP) is 3.40. The molecule has 1 heteroatoms. The van der Waals surface area contributed by atoms with Gasteiger partial charge >= 0.3 is 0 Å². The second-order valence-electron chi connectivity index (χ2n) is 2.97. The van der Waals surface area contributed by atoms with Crippen molar-refractivity contribution < 1.29 is 0 Å². The minimum Gasteiger partial charge on any atom is -0.0941 e. The summed E-state index contributed by atoms with van der Waals surface area (Å²) in [7, 11) is 0. The van der Waals surface area contributed by atoms with E-state index in [-0.39, 0.29) is 0 Å². The first kappa shape index (κ1) is 9.35. The van der Waals surface area contributed by atoms with E-state index >= 15 is 0 Å². The normalized spacial score (nSPS) is 12.0. The zero-order chi connectivity index (χ0) is 7.33. The highest BCUT2D eigenvalue weighted by atomic mass is 32.1. The highest BCUT2D eigenvalue weighted by molar-refractivity contribution is 7.80. The highest BCUT2D eigenvalue weighted by Gasteiger charge is 2.17. The maximum absolute atomic E-state index is 4.93. The Kier molecular flexibility index (Phi) is 4.37. The lowest BCUT2D eigenvalue weighted by atomic mass is 9.82. The van der Waals surface area contributed by atoms with Crippen molar-refractivity contribution in [3.8, 4) is 0 Å². The van der Waals surface area contributed by atoms with Crippen molar-refractivity contribution in [1.29, 1.82) is 0 Å². The van der Waals surface area contributed by atoms with Gasteiger partial charge in [0, 0.05) is 5.75 Å². The standard InChI is InChI=1S/C8H17S/c1-4-8(3,5-2)6-7-9/h4-7H2,1-3H3. The minimum absolute atomic E-state index is 0.530. The zero-order valence-electron chi connectivity index (χ0n) is 6.74. The van der Waals surface area contributed by atoms with Crippen LogP contribution in [-0.4, -0.2) is 5.75 Å². The van der Waals surface area contributed by atoms with Gasteiger partial charge < -0.3 is 0 Å². The van der Waals surface area contributed by atoms with Crippen LogP contribution in [0.25, 0.3) is 0 Å². The first-order chi connectivity index (χ1) is 4.18. The van der Waals surface area contributed by atoms with Crippen molar-refractivity contribution in [3.05, 3.63) is 0 Å². The highest BCUT2D eigenvalue weighted by Crippen LogP contribution is 2.29. The molecular weight excluding hydrogens is 128 g/mol. The van der Waals surface area contributed by atoms with Crippen LogP contribution in [0.3, 0.4) is 0 Å². The van der Waals surface area contributed by atoms with E-state index in [1.165, 1.54) is 19.3 Å². The van der Waals surface area contributed by atoms with Crippen LogP contribution in [0.2, 0.25) is 0 Å². The molecule has 9 heavy (non-hydrogen) atoms. The Morgan fingerprint density at radius 2 is 1.67 bits per heavy atom. The molecule has 0 aliphatic heterocycles. The third kappa shape index (κ3) is 3.14. The molecular formula is C8H17S. The van der Waals surface area contributed by atoms with Crippen molar-refractivity contribution in [3.63, 3.8) is 0 Å². The van der Waals surface area contributed by atoms with Gasteiger partial charge in [-0.3, -0.25) is 0 Å². The Morgan fingerprint density at radius 1 is 1.22 bits per heavy atom. The Balaban J connectivity index is 3.62. The molecule has 0 aromatic rings. The molecule has 55 valence electrons. The quantitative estimate of drug-likeness (QED) is 0.568. The van der Waals surface area contributed by atoms with Gasteiger partial charge in [0.2, 0.25) is 0 Å². The summed E-state index contributed by atoms with van der Waals surface area (Å²) in [5.74, 6) is 0.915. The molecule has 0 unspecified atom stereocenters. The van der Waals surface area contributed by atoms with Crippen molar-refractivity contribution >= 4 is 12.6 Å². The number of hydrogen-bond acceptors (Lipinski definition) is 0. The summed E-state index contributed by atoms with van der Waals surface area (Å²) in [5.41, 5.74) is 0.530. The predicted molar refractivity (Wildman–Crippen MR) is 45.8 cm³/mol.